The van der Waals surface area contributed by atoms with Crippen molar-refractivity contribution in [2.24, 2.45) is 0 Å². The van der Waals surface area contributed by atoms with Gasteiger partial charge in [0, 0.05) is 48.9 Å². The van der Waals surface area contributed by atoms with E-state index in [-0.39, 0.29) is 12.1 Å². The number of piperidine rings is 1. The molecule has 1 saturated heterocycles. The molecule has 3 aromatic heterocycles. The van der Waals surface area contributed by atoms with Gasteiger partial charge in [-0.25, -0.2) is 24.3 Å². The molecule has 0 unspecified atom stereocenters. The SMILES string of the molecule is COc1cc(Oc2ccn3ncnc3c2)c(C)cc1Nc1ncnc2cc(OC)c(NC3CCN(C(=O)OC(C)(C)C)CC3)cc12. The van der Waals surface area contributed by atoms with Crippen LogP contribution in [-0.2, 0) is 4.74 Å². The van der Waals surface area contributed by atoms with Gasteiger partial charge in [0.15, 0.2) is 5.65 Å². The van der Waals surface area contributed by atoms with Gasteiger partial charge in [-0.15, -0.1) is 0 Å². The van der Waals surface area contributed by atoms with Gasteiger partial charge in [0.1, 0.15) is 47.1 Å². The van der Waals surface area contributed by atoms with Crippen LogP contribution in [0.4, 0.5) is 22.0 Å². The first-order chi connectivity index (χ1) is 22.1. The van der Waals surface area contributed by atoms with Crippen molar-refractivity contribution in [2.45, 2.75) is 52.2 Å². The van der Waals surface area contributed by atoms with E-state index in [0.717, 1.165) is 40.7 Å². The van der Waals surface area contributed by atoms with Crippen molar-refractivity contribution in [1.82, 2.24) is 29.5 Å². The number of benzene rings is 2. The van der Waals surface area contributed by atoms with Crippen LogP contribution in [0, 0.1) is 6.92 Å². The smallest absolute Gasteiger partial charge is 0.410 e. The number of ether oxygens (including phenoxy) is 4. The first-order valence-corrected chi connectivity index (χ1v) is 15.1. The molecule has 13 nitrogen and oxygen atoms in total. The van der Waals surface area contributed by atoms with E-state index in [1.807, 2.05) is 64.1 Å². The summed E-state index contributed by atoms with van der Waals surface area (Å²) in [4.78, 5) is 27.6. The summed E-state index contributed by atoms with van der Waals surface area (Å²) in [5.41, 5.74) is 3.32. The second-order valence-electron chi connectivity index (χ2n) is 12.1. The summed E-state index contributed by atoms with van der Waals surface area (Å²) in [6, 6.07) is 11.5. The number of carbonyl (C=O) groups excluding carboxylic acids is 1. The first kappa shape index (κ1) is 30.7. The second kappa shape index (κ2) is 12.6. The molecule has 1 fully saturated rings. The molecule has 0 spiro atoms. The van der Waals surface area contributed by atoms with Gasteiger partial charge < -0.3 is 34.5 Å². The molecule has 0 aliphatic carbocycles. The molecule has 13 heteroatoms. The highest BCUT2D eigenvalue weighted by Crippen LogP contribution is 2.39. The molecule has 0 bridgehead atoms. The van der Waals surface area contributed by atoms with Crippen molar-refractivity contribution in [3.05, 3.63) is 60.8 Å². The quantitative estimate of drug-likeness (QED) is 0.199. The van der Waals surface area contributed by atoms with Crippen LogP contribution in [0.5, 0.6) is 23.0 Å². The number of anilines is 3. The molecule has 0 radical (unpaired) electrons. The lowest BCUT2D eigenvalue weighted by Gasteiger charge is -2.34. The van der Waals surface area contributed by atoms with Crippen molar-refractivity contribution < 1.29 is 23.7 Å². The number of rotatable bonds is 8. The van der Waals surface area contributed by atoms with E-state index in [9.17, 15) is 4.79 Å². The summed E-state index contributed by atoms with van der Waals surface area (Å²) in [6.07, 6.45) is 6.08. The summed E-state index contributed by atoms with van der Waals surface area (Å²) in [5, 5.41) is 12.0. The third-order valence-electron chi connectivity index (χ3n) is 7.69. The molecule has 1 amide bonds. The van der Waals surface area contributed by atoms with Gasteiger partial charge in [-0.1, -0.05) is 0 Å². The predicted molar refractivity (Wildman–Crippen MR) is 175 cm³/mol. The van der Waals surface area contributed by atoms with E-state index < -0.39 is 5.60 Å². The van der Waals surface area contributed by atoms with Crippen LogP contribution in [0.1, 0.15) is 39.2 Å². The molecule has 0 saturated carbocycles. The highest BCUT2D eigenvalue weighted by molar-refractivity contribution is 5.95. The van der Waals surface area contributed by atoms with Crippen LogP contribution in [0.2, 0.25) is 0 Å². The Kier molecular flexibility index (Phi) is 8.39. The van der Waals surface area contributed by atoms with Gasteiger partial charge in [-0.05, 0) is 64.3 Å². The number of pyridine rings is 1. The third-order valence-corrected chi connectivity index (χ3v) is 7.69. The molecule has 2 aromatic carbocycles. The van der Waals surface area contributed by atoms with Crippen LogP contribution in [0.3, 0.4) is 0 Å². The maximum absolute atomic E-state index is 12.5. The zero-order valence-electron chi connectivity index (χ0n) is 26.8. The van der Waals surface area contributed by atoms with E-state index in [0.29, 0.717) is 47.6 Å². The normalized spacial score (nSPS) is 13.9. The standard InChI is InChI=1S/C33H38N8O5/c1-20-13-25(29(44-6)17-27(20)45-22-9-12-41-30(14-22)35-19-37-41)39-31-23-15-26(28(43-5)16-24(23)34-18-36-31)38-21-7-10-40(11-8-21)32(42)46-33(2,3)4/h9,12-19,21,38H,7-8,10-11H2,1-6H3,(H,34,36,39). The number of aryl methyl sites for hydroxylation is 1. The lowest BCUT2D eigenvalue weighted by atomic mass is 10.0. The topological polar surface area (TPSA) is 137 Å². The van der Waals surface area contributed by atoms with Crippen LogP contribution in [0.15, 0.2) is 55.2 Å². The van der Waals surface area contributed by atoms with Crippen molar-refractivity contribution in [2.75, 3.05) is 37.9 Å². The summed E-state index contributed by atoms with van der Waals surface area (Å²) in [7, 11) is 3.25. The Morgan fingerprint density at radius 1 is 0.913 bits per heavy atom. The molecule has 46 heavy (non-hydrogen) atoms. The Labute approximate surface area is 266 Å². The molecule has 5 aromatic rings. The maximum Gasteiger partial charge on any atom is 0.410 e. The predicted octanol–water partition coefficient (Wildman–Crippen LogP) is 6.35. The largest absolute Gasteiger partial charge is 0.495 e. The van der Waals surface area contributed by atoms with E-state index in [4.69, 9.17) is 18.9 Å². The van der Waals surface area contributed by atoms with Gasteiger partial charge in [-0.3, -0.25) is 0 Å². The number of amides is 1. The Hall–Kier alpha value is -5.33. The van der Waals surface area contributed by atoms with Crippen LogP contribution >= 0.6 is 0 Å². The van der Waals surface area contributed by atoms with Gasteiger partial charge in [0.05, 0.1) is 31.1 Å². The highest BCUT2D eigenvalue weighted by atomic mass is 16.6. The summed E-state index contributed by atoms with van der Waals surface area (Å²) < 4.78 is 24.9. The minimum Gasteiger partial charge on any atom is -0.495 e. The molecule has 1 aliphatic rings. The molecule has 2 N–H and O–H groups in total. The van der Waals surface area contributed by atoms with Crippen molar-refractivity contribution in [3.63, 3.8) is 0 Å². The third kappa shape index (κ3) is 6.67. The first-order valence-electron chi connectivity index (χ1n) is 15.1. The number of likely N-dealkylation sites (tertiary alicyclic amines) is 1. The molecule has 1 aliphatic heterocycles. The summed E-state index contributed by atoms with van der Waals surface area (Å²) in [6.45, 7) is 8.80. The Balaban J connectivity index is 1.22. The minimum absolute atomic E-state index is 0.145. The van der Waals surface area contributed by atoms with E-state index >= 15 is 0 Å². The monoisotopic (exact) mass is 626 g/mol. The van der Waals surface area contributed by atoms with Gasteiger partial charge >= 0.3 is 6.09 Å². The van der Waals surface area contributed by atoms with Gasteiger partial charge in [-0.2, -0.15) is 5.10 Å². The number of nitrogens with one attached hydrogen (secondary N) is 2. The Morgan fingerprint density at radius 2 is 1.67 bits per heavy atom. The van der Waals surface area contributed by atoms with Crippen LogP contribution in [-0.4, -0.2) is 74.5 Å². The lowest BCUT2D eigenvalue weighted by Crippen LogP contribution is -2.44. The molecule has 240 valence electrons. The van der Waals surface area contributed by atoms with Crippen molar-refractivity contribution >= 4 is 39.8 Å². The summed E-state index contributed by atoms with van der Waals surface area (Å²) >= 11 is 0. The number of carbonyl (C=O) groups is 1. The van der Waals surface area contributed by atoms with Crippen molar-refractivity contribution in [1.29, 1.82) is 0 Å². The van der Waals surface area contributed by atoms with E-state index in [1.54, 1.807) is 29.8 Å². The fraction of sp³-hybridized carbons (Fsp3) is 0.364. The number of hydrogen-bond donors (Lipinski definition) is 2. The average Bonchev–Trinajstić information content (AvgIpc) is 3.50. The molecular weight excluding hydrogens is 588 g/mol. The number of hydrogen-bond acceptors (Lipinski definition) is 11. The van der Waals surface area contributed by atoms with Crippen molar-refractivity contribution in [3.8, 4) is 23.0 Å². The van der Waals surface area contributed by atoms with E-state index in [1.165, 1.54) is 12.7 Å². The second-order valence-corrected chi connectivity index (χ2v) is 12.1. The number of methoxy groups -OCH3 is 2. The average molecular weight is 627 g/mol. The van der Waals surface area contributed by atoms with E-state index in [2.05, 4.69) is 30.7 Å². The highest BCUT2D eigenvalue weighted by Gasteiger charge is 2.27. The Bertz CT molecular complexity index is 1880. The maximum atomic E-state index is 12.5. The zero-order chi connectivity index (χ0) is 32.4. The fourth-order valence-electron chi connectivity index (χ4n) is 5.38. The molecule has 0 atom stereocenters. The summed E-state index contributed by atoms with van der Waals surface area (Å²) in [5.74, 6) is 3.15. The lowest BCUT2D eigenvalue weighted by molar-refractivity contribution is 0.0210. The van der Waals surface area contributed by atoms with Gasteiger partial charge in [0.25, 0.3) is 0 Å². The van der Waals surface area contributed by atoms with Gasteiger partial charge in [0.2, 0.25) is 0 Å². The molecule has 4 heterocycles. The Morgan fingerprint density at radius 3 is 2.41 bits per heavy atom. The number of aromatic nitrogens is 5. The number of nitrogens with zero attached hydrogens (tertiary/aromatic N) is 6. The van der Waals surface area contributed by atoms with Crippen LogP contribution in [0.25, 0.3) is 16.6 Å². The fourth-order valence-corrected chi connectivity index (χ4v) is 5.38. The minimum atomic E-state index is -0.522. The van der Waals surface area contributed by atoms with Crippen LogP contribution < -0.4 is 24.8 Å². The molecular formula is C33H38N8O5. The number of fused-ring (bicyclic) bond motifs is 2. The zero-order valence-corrected chi connectivity index (χ0v) is 26.8. The molecule has 6 rings (SSSR count).